The molecule has 1 aromatic heterocycles. The number of nitrogens with zero attached hydrogens (tertiary/aromatic N) is 3. The first-order valence-electron chi connectivity index (χ1n) is 8.87. The summed E-state index contributed by atoms with van der Waals surface area (Å²) in [6.07, 6.45) is 3.40. The molecule has 1 aromatic rings. The van der Waals surface area contributed by atoms with Crippen LogP contribution in [0.1, 0.15) is 43.5 Å². The van der Waals surface area contributed by atoms with E-state index >= 15 is 0 Å². The molecule has 0 aliphatic carbocycles. The summed E-state index contributed by atoms with van der Waals surface area (Å²) >= 11 is 0. The Balaban J connectivity index is 1.64. The fourth-order valence-corrected chi connectivity index (χ4v) is 3.64. The number of carbonyl (C=O) groups is 2. The number of hydrogen-bond donors (Lipinski definition) is 0. The van der Waals surface area contributed by atoms with Gasteiger partial charge in [-0.15, -0.1) is 0 Å². The van der Waals surface area contributed by atoms with Gasteiger partial charge in [-0.05, 0) is 30.9 Å². The second-order valence-electron chi connectivity index (χ2n) is 6.80. The highest BCUT2D eigenvalue weighted by Gasteiger charge is 2.41. The molecule has 2 fully saturated rings. The topological polar surface area (TPSA) is 62.7 Å². The molecule has 3 rings (SSSR count). The van der Waals surface area contributed by atoms with E-state index in [9.17, 15) is 14.0 Å². The van der Waals surface area contributed by atoms with Gasteiger partial charge in [0.15, 0.2) is 0 Å². The normalized spacial score (nSPS) is 22.8. The highest BCUT2D eigenvalue weighted by Crippen LogP contribution is 2.29. The number of amides is 2. The van der Waals surface area contributed by atoms with Crippen molar-refractivity contribution >= 4 is 12.0 Å². The van der Waals surface area contributed by atoms with Gasteiger partial charge in [0.1, 0.15) is 6.61 Å². The molecule has 3 heterocycles. The van der Waals surface area contributed by atoms with Gasteiger partial charge < -0.3 is 9.64 Å². The lowest BCUT2D eigenvalue weighted by atomic mass is 9.95. The van der Waals surface area contributed by atoms with Gasteiger partial charge in [0.25, 0.3) is 5.91 Å². The fourth-order valence-electron chi connectivity index (χ4n) is 3.64. The van der Waals surface area contributed by atoms with Crippen LogP contribution in [0.2, 0.25) is 0 Å². The van der Waals surface area contributed by atoms with Gasteiger partial charge in [0.2, 0.25) is 5.95 Å². The van der Waals surface area contributed by atoms with Crippen LogP contribution in [0.3, 0.4) is 0 Å². The number of piperidine rings is 1. The Morgan fingerprint density at radius 1 is 1.44 bits per heavy atom. The Bertz CT molecular complexity index is 646. The van der Waals surface area contributed by atoms with Crippen LogP contribution in [0.25, 0.3) is 0 Å². The summed E-state index contributed by atoms with van der Waals surface area (Å²) in [6, 6.07) is 3.17. The second kappa shape index (κ2) is 7.37. The second-order valence-corrected chi connectivity index (χ2v) is 6.80. The molecule has 0 saturated carbocycles. The lowest BCUT2D eigenvalue weighted by molar-refractivity contribution is 0.0610. The minimum absolute atomic E-state index is 0.000913. The van der Waals surface area contributed by atoms with Gasteiger partial charge in [0.05, 0.1) is 11.6 Å². The molecule has 2 atom stereocenters. The summed E-state index contributed by atoms with van der Waals surface area (Å²) in [4.78, 5) is 31.7. The molecule has 2 aliphatic rings. The Morgan fingerprint density at radius 3 is 2.80 bits per heavy atom. The lowest BCUT2D eigenvalue weighted by Gasteiger charge is -2.39. The number of aromatic nitrogens is 1. The van der Waals surface area contributed by atoms with Crippen molar-refractivity contribution in [3.05, 3.63) is 29.8 Å². The summed E-state index contributed by atoms with van der Waals surface area (Å²) in [5, 5.41) is 0. The molecule has 136 valence electrons. The summed E-state index contributed by atoms with van der Waals surface area (Å²) in [5.74, 6) is -0.711. The van der Waals surface area contributed by atoms with Crippen molar-refractivity contribution in [3.63, 3.8) is 0 Å². The molecule has 0 N–H and O–H groups in total. The zero-order valence-corrected chi connectivity index (χ0v) is 14.7. The standard InChI is InChI=1S/C18H24FN3O3/c1-3-12(2)15-11-25-18(24)22(15)13-6-9-21(10-7-13)17(23)14-5-4-8-20-16(14)19/h4-5,8,12-13,15H,3,6-7,9-11H2,1-2H3/t12-,15-/m0/s1. The number of carbonyl (C=O) groups excluding carboxylic acids is 2. The van der Waals surface area contributed by atoms with Crippen LogP contribution in [0, 0.1) is 11.9 Å². The van der Waals surface area contributed by atoms with E-state index < -0.39 is 5.95 Å². The van der Waals surface area contributed by atoms with Crippen LogP contribution in [-0.4, -0.2) is 58.6 Å². The lowest BCUT2D eigenvalue weighted by Crippen LogP contribution is -2.51. The third-order valence-corrected chi connectivity index (χ3v) is 5.38. The highest BCUT2D eigenvalue weighted by atomic mass is 19.1. The fraction of sp³-hybridized carbons (Fsp3) is 0.611. The third kappa shape index (κ3) is 3.45. The Hall–Kier alpha value is -2.18. The van der Waals surface area contributed by atoms with Crippen LogP contribution in [-0.2, 0) is 4.74 Å². The average molecular weight is 349 g/mol. The maximum atomic E-state index is 13.7. The van der Waals surface area contributed by atoms with E-state index in [0.29, 0.717) is 38.5 Å². The first-order valence-corrected chi connectivity index (χ1v) is 8.87. The Morgan fingerprint density at radius 2 is 2.16 bits per heavy atom. The van der Waals surface area contributed by atoms with E-state index in [2.05, 4.69) is 18.8 Å². The van der Waals surface area contributed by atoms with E-state index in [1.54, 1.807) is 11.0 Å². The van der Waals surface area contributed by atoms with Crippen LogP contribution in [0.5, 0.6) is 0 Å². The molecule has 25 heavy (non-hydrogen) atoms. The van der Waals surface area contributed by atoms with Gasteiger partial charge >= 0.3 is 6.09 Å². The van der Waals surface area contributed by atoms with E-state index in [-0.39, 0.29) is 29.6 Å². The highest BCUT2D eigenvalue weighted by molar-refractivity contribution is 5.94. The molecule has 0 aromatic carbocycles. The Labute approximate surface area is 147 Å². The van der Waals surface area contributed by atoms with Crippen molar-refractivity contribution in [2.75, 3.05) is 19.7 Å². The van der Waals surface area contributed by atoms with Crippen molar-refractivity contribution in [2.24, 2.45) is 5.92 Å². The van der Waals surface area contributed by atoms with Crippen LogP contribution in [0.15, 0.2) is 18.3 Å². The molecule has 0 unspecified atom stereocenters. The molecule has 0 spiro atoms. The van der Waals surface area contributed by atoms with Crippen LogP contribution >= 0.6 is 0 Å². The maximum Gasteiger partial charge on any atom is 0.410 e. The van der Waals surface area contributed by atoms with Crippen molar-refractivity contribution in [1.82, 2.24) is 14.8 Å². The summed E-state index contributed by atoms with van der Waals surface area (Å²) in [5.41, 5.74) is -0.000913. The average Bonchev–Trinajstić information content (AvgIpc) is 3.02. The Kier molecular flexibility index (Phi) is 5.20. The van der Waals surface area contributed by atoms with Gasteiger partial charge in [-0.3, -0.25) is 9.69 Å². The van der Waals surface area contributed by atoms with Gasteiger partial charge in [-0.25, -0.2) is 9.78 Å². The van der Waals surface area contributed by atoms with Crippen molar-refractivity contribution in [1.29, 1.82) is 0 Å². The van der Waals surface area contributed by atoms with Crippen LogP contribution in [0.4, 0.5) is 9.18 Å². The first kappa shape index (κ1) is 17.6. The molecular formula is C18H24FN3O3. The quantitative estimate of drug-likeness (QED) is 0.784. The van der Waals surface area contributed by atoms with E-state index in [4.69, 9.17) is 4.74 Å². The number of rotatable bonds is 4. The molecule has 0 radical (unpaired) electrons. The zero-order valence-electron chi connectivity index (χ0n) is 14.7. The first-order chi connectivity index (χ1) is 12.0. The number of hydrogen-bond acceptors (Lipinski definition) is 4. The van der Waals surface area contributed by atoms with Gasteiger partial charge in [-0.2, -0.15) is 4.39 Å². The molecule has 0 bridgehead atoms. The zero-order chi connectivity index (χ0) is 18.0. The van der Waals surface area contributed by atoms with E-state index in [1.165, 1.54) is 12.3 Å². The van der Waals surface area contributed by atoms with Crippen molar-refractivity contribution in [3.8, 4) is 0 Å². The molecule has 2 amide bonds. The van der Waals surface area contributed by atoms with E-state index in [1.807, 2.05) is 4.90 Å². The van der Waals surface area contributed by atoms with Crippen LogP contribution < -0.4 is 0 Å². The van der Waals surface area contributed by atoms with Gasteiger partial charge in [0, 0.05) is 25.3 Å². The number of cyclic esters (lactones) is 1. The monoisotopic (exact) mass is 349 g/mol. The number of pyridine rings is 1. The summed E-state index contributed by atoms with van der Waals surface area (Å²) in [6.45, 7) is 5.66. The maximum absolute atomic E-state index is 13.7. The molecule has 7 heteroatoms. The molecular weight excluding hydrogens is 325 g/mol. The smallest absolute Gasteiger partial charge is 0.410 e. The predicted octanol–water partition coefficient (Wildman–Crippen LogP) is 2.69. The third-order valence-electron chi connectivity index (χ3n) is 5.38. The van der Waals surface area contributed by atoms with Crippen molar-refractivity contribution in [2.45, 2.75) is 45.2 Å². The number of halogens is 1. The minimum atomic E-state index is -0.741. The number of ether oxygens (including phenoxy) is 1. The summed E-state index contributed by atoms with van der Waals surface area (Å²) in [7, 11) is 0. The van der Waals surface area contributed by atoms with Gasteiger partial charge in [-0.1, -0.05) is 20.3 Å². The SMILES string of the molecule is CC[C@H](C)[C@@H]1COC(=O)N1C1CCN(C(=O)c2cccnc2F)CC1. The predicted molar refractivity (Wildman–Crippen MR) is 89.6 cm³/mol. The largest absolute Gasteiger partial charge is 0.447 e. The van der Waals surface area contributed by atoms with E-state index in [0.717, 1.165) is 6.42 Å². The molecule has 6 nitrogen and oxygen atoms in total. The molecule has 2 saturated heterocycles. The number of likely N-dealkylation sites (tertiary alicyclic amines) is 1. The summed E-state index contributed by atoms with van der Waals surface area (Å²) < 4.78 is 19.0. The minimum Gasteiger partial charge on any atom is -0.447 e. The molecule has 2 aliphatic heterocycles. The van der Waals surface area contributed by atoms with Crippen molar-refractivity contribution < 1.29 is 18.7 Å².